The van der Waals surface area contributed by atoms with E-state index in [4.69, 9.17) is 4.42 Å². The summed E-state index contributed by atoms with van der Waals surface area (Å²) >= 11 is 0. The minimum atomic E-state index is -0.837. The predicted molar refractivity (Wildman–Crippen MR) is 127 cm³/mol. The zero-order valence-corrected chi connectivity index (χ0v) is 18.3. The zero-order valence-electron chi connectivity index (χ0n) is 18.3. The first kappa shape index (κ1) is 22.3. The molecule has 0 radical (unpaired) electrons. The molecular formula is C27H25FN2O3. The van der Waals surface area contributed by atoms with Crippen LogP contribution in [0.1, 0.15) is 19.8 Å². The number of nitrogens with zero attached hydrogens (tertiary/aromatic N) is 1. The van der Waals surface area contributed by atoms with E-state index >= 15 is 0 Å². The third-order valence-corrected chi connectivity index (χ3v) is 5.49. The monoisotopic (exact) mass is 444 g/mol. The number of carboxylic acids is 1. The van der Waals surface area contributed by atoms with Gasteiger partial charge in [0.05, 0.1) is 5.92 Å². The molecule has 168 valence electrons. The zero-order chi connectivity index (χ0) is 23.2. The summed E-state index contributed by atoms with van der Waals surface area (Å²) in [5, 5.41) is 12.5. The van der Waals surface area contributed by atoms with Crippen LogP contribution in [0.5, 0.6) is 0 Å². The first-order valence-electron chi connectivity index (χ1n) is 10.9. The van der Waals surface area contributed by atoms with Gasteiger partial charge in [-0.15, -0.1) is 0 Å². The topological polar surface area (TPSA) is 75.4 Å². The second-order valence-corrected chi connectivity index (χ2v) is 7.85. The number of halogens is 1. The van der Waals surface area contributed by atoms with Crippen molar-refractivity contribution in [1.82, 2.24) is 4.98 Å². The maximum Gasteiger partial charge on any atom is 0.308 e. The lowest BCUT2D eigenvalue weighted by Gasteiger charge is -2.10. The van der Waals surface area contributed by atoms with Gasteiger partial charge < -0.3 is 14.8 Å². The van der Waals surface area contributed by atoms with Crippen LogP contribution in [0.25, 0.3) is 33.7 Å². The number of carboxylic acid groups (broad SMARTS) is 1. The lowest BCUT2D eigenvalue weighted by atomic mass is 10.0. The summed E-state index contributed by atoms with van der Waals surface area (Å²) in [7, 11) is 0. The van der Waals surface area contributed by atoms with Crippen molar-refractivity contribution >= 4 is 12.0 Å². The summed E-state index contributed by atoms with van der Waals surface area (Å²) in [6.07, 6.45) is 1.36. The molecule has 33 heavy (non-hydrogen) atoms. The van der Waals surface area contributed by atoms with E-state index < -0.39 is 11.9 Å². The molecule has 1 heterocycles. The molecule has 0 spiro atoms. The number of benzene rings is 3. The standard InChI is InChI=1S/C27H25FN2O3/c1-2-6-22(26(31)32)17-29-27-30-24(25(33-27)21-7-4-3-5-8-21)20-11-9-18(10-12-20)19-13-15-23(28)16-14-19/h3-5,7-16,22H,2,6,17H2,1H3,(H,29,30)(H,31,32). The first-order chi connectivity index (χ1) is 16.0. The molecular weight excluding hydrogens is 419 g/mol. The Balaban J connectivity index is 1.65. The molecule has 0 saturated carbocycles. The predicted octanol–water partition coefficient (Wildman–Crippen LogP) is 6.73. The van der Waals surface area contributed by atoms with Crippen molar-refractivity contribution in [2.45, 2.75) is 19.8 Å². The molecule has 1 atom stereocenters. The Hall–Kier alpha value is -3.93. The molecule has 0 saturated heterocycles. The maximum atomic E-state index is 13.2. The Labute approximate surface area is 191 Å². The van der Waals surface area contributed by atoms with E-state index in [-0.39, 0.29) is 18.4 Å². The van der Waals surface area contributed by atoms with E-state index in [2.05, 4.69) is 10.3 Å². The van der Waals surface area contributed by atoms with E-state index in [1.165, 1.54) is 12.1 Å². The van der Waals surface area contributed by atoms with Crippen molar-refractivity contribution in [3.05, 3.63) is 84.7 Å². The highest BCUT2D eigenvalue weighted by Gasteiger charge is 2.20. The summed E-state index contributed by atoms with van der Waals surface area (Å²) in [5.74, 6) is -1.01. The summed E-state index contributed by atoms with van der Waals surface area (Å²) in [5.41, 5.74) is 4.28. The number of oxazole rings is 1. The quantitative estimate of drug-likeness (QED) is 0.299. The highest BCUT2D eigenvalue weighted by atomic mass is 19.1. The minimum Gasteiger partial charge on any atom is -0.481 e. The molecule has 4 aromatic rings. The van der Waals surface area contributed by atoms with Gasteiger partial charge in [-0.2, -0.15) is 4.98 Å². The Morgan fingerprint density at radius 3 is 2.15 bits per heavy atom. The Morgan fingerprint density at radius 2 is 1.55 bits per heavy atom. The number of hydrogen-bond donors (Lipinski definition) is 2. The summed E-state index contributed by atoms with van der Waals surface area (Å²) in [6, 6.07) is 24.1. The normalized spacial score (nSPS) is 11.8. The molecule has 0 bridgehead atoms. The molecule has 1 aromatic heterocycles. The smallest absolute Gasteiger partial charge is 0.308 e. The van der Waals surface area contributed by atoms with Gasteiger partial charge in [-0.25, -0.2) is 4.39 Å². The molecule has 2 N–H and O–H groups in total. The first-order valence-corrected chi connectivity index (χ1v) is 10.9. The minimum absolute atomic E-state index is 0.237. The van der Waals surface area contributed by atoms with Gasteiger partial charge in [0.1, 0.15) is 11.5 Å². The van der Waals surface area contributed by atoms with Crippen LogP contribution in [0.3, 0.4) is 0 Å². The van der Waals surface area contributed by atoms with Gasteiger partial charge in [-0.3, -0.25) is 4.79 Å². The summed E-state index contributed by atoms with van der Waals surface area (Å²) in [6.45, 7) is 2.20. The second-order valence-electron chi connectivity index (χ2n) is 7.85. The Morgan fingerprint density at radius 1 is 0.939 bits per heavy atom. The van der Waals surface area contributed by atoms with Gasteiger partial charge in [0.2, 0.25) is 0 Å². The van der Waals surface area contributed by atoms with Crippen molar-refractivity contribution in [2.24, 2.45) is 5.92 Å². The highest BCUT2D eigenvalue weighted by molar-refractivity contribution is 5.79. The van der Waals surface area contributed by atoms with Gasteiger partial charge in [0.15, 0.2) is 5.76 Å². The molecule has 1 unspecified atom stereocenters. The highest BCUT2D eigenvalue weighted by Crippen LogP contribution is 2.35. The second kappa shape index (κ2) is 10.1. The number of anilines is 1. The van der Waals surface area contributed by atoms with Crippen LogP contribution in [-0.4, -0.2) is 22.6 Å². The Kier molecular flexibility index (Phi) is 6.83. The number of rotatable bonds is 9. The van der Waals surface area contributed by atoms with Gasteiger partial charge in [0, 0.05) is 17.7 Å². The van der Waals surface area contributed by atoms with E-state index in [0.29, 0.717) is 17.9 Å². The van der Waals surface area contributed by atoms with Crippen LogP contribution in [0.2, 0.25) is 0 Å². The van der Waals surface area contributed by atoms with Crippen molar-refractivity contribution < 1.29 is 18.7 Å². The molecule has 0 aliphatic carbocycles. The van der Waals surface area contributed by atoms with E-state index in [1.54, 1.807) is 12.1 Å². The molecule has 0 aliphatic heterocycles. The molecule has 0 aliphatic rings. The average Bonchev–Trinajstić information content (AvgIpc) is 3.27. The molecule has 6 heteroatoms. The van der Waals surface area contributed by atoms with Gasteiger partial charge in [-0.05, 0) is 29.7 Å². The number of carbonyl (C=O) groups is 1. The summed E-state index contributed by atoms with van der Waals surface area (Å²) in [4.78, 5) is 16.1. The fraction of sp³-hybridized carbons (Fsp3) is 0.185. The van der Waals surface area contributed by atoms with Crippen molar-refractivity contribution in [3.8, 4) is 33.7 Å². The fourth-order valence-electron chi connectivity index (χ4n) is 3.71. The lowest BCUT2D eigenvalue weighted by molar-refractivity contribution is -0.141. The largest absolute Gasteiger partial charge is 0.481 e. The third kappa shape index (κ3) is 5.29. The molecule has 0 fully saturated rings. The number of aliphatic carboxylic acids is 1. The molecule has 0 amide bonds. The number of hydrogen-bond acceptors (Lipinski definition) is 4. The van der Waals surface area contributed by atoms with Crippen molar-refractivity contribution in [2.75, 3.05) is 11.9 Å². The molecule has 3 aromatic carbocycles. The lowest BCUT2D eigenvalue weighted by Crippen LogP contribution is -2.22. The molecule has 4 rings (SSSR count). The Bertz CT molecular complexity index is 1200. The van der Waals surface area contributed by atoms with Crippen LogP contribution < -0.4 is 5.32 Å². The SMILES string of the molecule is CCCC(CNc1nc(-c2ccc(-c3ccc(F)cc3)cc2)c(-c2ccccc2)o1)C(=O)O. The fourth-order valence-corrected chi connectivity index (χ4v) is 3.71. The third-order valence-electron chi connectivity index (χ3n) is 5.49. The summed E-state index contributed by atoms with van der Waals surface area (Å²) < 4.78 is 19.3. The van der Waals surface area contributed by atoms with E-state index in [0.717, 1.165) is 28.7 Å². The van der Waals surface area contributed by atoms with Crippen LogP contribution in [0.15, 0.2) is 83.3 Å². The van der Waals surface area contributed by atoms with Gasteiger partial charge in [-0.1, -0.05) is 80.1 Å². The average molecular weight is 445 g/mol. The van der Waals surface area contributed by atoms with Crippen LogP contribution in [-0.2, 0) is 4.79 Å². The number of nitrogens with one attached hydrogen (secondary N) is 1. The van der Waals surface area contributed by atoms with E-state index in [1.807, 2.05) is 61.5 Å². The molecule has 5 nitrogen and oxygen atoms in total. The van der Waals surface area contributed by atoms with Crippen LogP contribution in [0, 0.1) is 11.7 Å². The maximum absolute atomic E-state index is 13.2. The van der Waals surface area contributed by atoms with Crippen molar-refractivity contribution in [1.29, 1.82) is 0 Å². The van der Waals surface area contributed by atoms with E-state index in [9.17, 15) is 14.3 Å². The van der Waals surface area contributed by atoms with Crippen LogP contribution >= 0.6 is 0 Å². The van der Waals surface area contributed by atoms with Gasteiger partial charge in [0.25, 0.3) is 6.01 Å². The number of aromatic nitrogens is 1. The van der Waals surface area contributed by atoms with Gasteiger partial charge >= 0.3 is 5.97 Å². The van der Waals surface area contributed by atoms with Crippen molar-refractivity contribution in [3.63, 3.8) is 0 Å². The van der Waals surface area contributed by atoms with Crippen LogP contribution in [0.4, 0.5) is 10.4 Å².